The molecule has 106 valence electrons. The van der Waals surface area contributed by atoms with E-state index >= 15 is 0 Å². The molecule has 0 aliphatic carbocycles. The van der Waals surface area contributed by atoms with Crippen LogP contribution < -0.4 is 0 Å². The van der Waals surface area contributed by atoms with Crippen LogP contribution >= 0.6 is 11.6 Å². The van der Waals surface area contributed by atoms with Gasteiger partial charge in [0.1, 0.15) is 0 Å². The second-order valence-corrected chi connectivity index (χ2v) is 5.51. The van der Waals surface area contributed by atoms with Crippen LogP contribution in [-0.4, -0.2) is 42.0 Å². The summed E-state index contributed by atoms with van der Waals surface area (Å²) in [5, 5.41) is 0. The molecule has 0 aromatic carbocycles. The van der Waals surface area contributed by atoms with Gasteiger partial charge in [0.15, 0.2) is 0 Å². The average Bonchev–Trinajstić information content (AvgIpc) is 2.40. The van der Waals surface area contributed by atoms with Gasteiger partial charge in [-0.3, -0.25) is 4.79 Å². The summed E-state index contributed by atoms with van der Waals surface area (Å²) in [5.74, 6) is 0.917. The molecule has 1 rings (SSSR count). The van der Waals surface area contributed by atoms with Gasteiger partial charge in [0.05, 0.1) is 24.6 Å². The van der Waals surface area contributed by atoms with Crippen LogP contribution in [0.15, 0.2) is 0 Å². The number of ether oxygens (including phenoxy) is 1. The standard InChI is InChI=1S/C14H26ClNO2/c1-4-6-7-12(5-2)14(17)16-9-13(8-15)18-10-11(16)3/h11-13H,4-10H2,1-3H3. The van der Waals surface area contributed by atoms with Gasteiger partial charge in [-0.25, -0.2) is 0 Å². The van der Waals surface area contributed by atoms with Crippen LogP contribution in [-0.2, 0) is 9.53 Å². The summed E-state index contributed by atoms with van der Waals surface area (Å²) in [4.78, 5) is 14.5. The summed E-state index contributed by atoms with van der Waals surface area (Å²) in [6.07, 6.45) is 4.19. The molecule has 1 heterocycles. The lowest BCUT2D eigenvalue weighted by Gasteiger charge is -2.39. The largest absolute Gasteiger partial charge is 0.373 e. The normalized spacial score (nSPS) is 26.1. The lowest BCUT2D eigenvalue weighted by atomic mass is 9.96. The number of halogens is 1. The van der Waals surface area contributed by atoms with Gasteiger partial charge in [0.2, 0.25) is 5.91 Å². The first-order valence-corrected chi connectivity index (χ1v) is 7.65. The SMILES string of the molecule is CCCCC(CC)C(=O)N1CC(CCl)OCC1C. The van der Waals surface area contributed by atoms with Crippen LogP contribution in [0.4, 0.5) is 0 Å². The third-order valence-electron chi connectivity index (χ3n) is 3.71. The molecule has 3 unspecified atom stereocenters. The van der Waals surface area contributed by atoms with Crippen molar-refractivity contribution < 1.29 is 9.53 Å². The van der Waals surface area contributed by atoms with Crippen molar-refractivity contribution in [2.24, 2.45) is 5.92 Å². The zero-order valence-corrected chi connectivity index (χ0v) is 12.6. The first-order valence-electron chi connectivity index (χ1n) is 7.12. The molecule has 18 heavy (non-hydrogen) atoms. The molecule has 3 atom stereocenters. The van der Waals surface area contributed by atoms with Gasteiger partial charge in [-0.15, -0.1) is 11.6 Å². The van der Waals surface area contributed by atoms with E-state index in [9.17, 15) is 4.79 Å². The number of morpholine rings is 1. The minimum Gasteiger partial charge on any atom is -0.373 e. The van der Waals surface area contributed by atoms with E-state index in [-0.39, 0.29) is 24.0 Å². The van der Waals surface area contributed by atoms with Gasteiger partial charge in [-0.05, 0) is 19.8 Å². The lowest BCUT2D eigenvalue weighted by Crippen LogP contribution is -2.53. The van der Waals surface area contributed by atoms with E-state index in [0.29, 0.717) is 19.0 Å². The molecule has 0 spiro atoms. The van der Waals surface area contributed by atoms with Gasteiger partial charge in [-0.2, -0.15) is 0 Å². The Balaban J connectivity index is 2.61. The van der Waals surface area contributed by atoms with Crippen LogP contribution in [0.1, 0.15) is 46.5 Å². The molecule has 0 N–H and O–H groups in total. The molecule has 0 saturated carbocycles. The molecule has 4 heteroatoms. The number of hydrogen-bond acceptors (Lipinski definition) is 2. The van der Waals surface area contributed by atoms with E-state index in [0.717, 1.165) is 25.7 Å². The molecule has 1 amide bonds. The van der Waals surface area contributed by atoms with E-state index in [4.69, 9.17) is 16.3 Å². The van der Waals surface area contributed by atoms with Crippen molar-refractivity contribution in [3.63, 3.8) is 0 Å². The van der Waals surface area contributed by atoms with Gasteiger partial charge in [0, 0.05) is 12.5 Å². The molecule has 1 saturated heterocycles. The highest BCUT2D eigenvalue weighted by atomic mass is 35.5. The summed E-state index contributed by atoms with van der Waals surface area (Å²) >= 11 is 5.83. The molecule has 1 fully saturated rings. The summed E-state index contributed by atoms with van der Waals surface area (Å²) < 4.78 is 5.59. The first-order chi connectivity index (χ1) is 8.63. The van der Waals surface area contributed by atoms with Gasteiger partial charge in [0.25, 0.3) is 0 Å². The highest BCUT2D eigenvalue weighted by Gasteiger charge is 2.32. The number of carbonyl (C=O) groups excluding carboxylic acids is 1. The van der Waals surface area contributed by atoms with Crippen molar-refractivity contribution in [2.75, 3.05) is 19.0 Å². The average molecular weight is 276 g/mol. The Hall–Kier alpha value is -0.280. The van der Waals surface area contributed by atoms with Crippen molar-refractivity contribution in [3.8, 4) is 0 Å². The molecular formula is C14H26ClNO2. The zero-order valence-electron chi connectivity index (χ0n) is 11.8. The number of alkyl halides is 1. The summed E-state index contributed by atoms with van der Waals surface area (Å²) in [5.41, 5.74) is 0. The highest BCUT2D eigenvalue weighted by Crippen LogP contribution is 2.21. The Labute approximate surface area is 116 Å². The van der Waals surface area contributed by atoms with E-state index in [2.05, 4.69) is 20.8 Å². The van der Waals surface area contributed by atoms with Crippen LogP contribution in [0.5, 0.6) is 0 Å². The van der Waals surface area contributed by atoms with Crippen molar-refractivity contribution >= 4 is 17.5 Å². The Bertz CT molecular complexity index is 260. The summed E-state index contributed by atoms with van der Waals surface area (Å²) in [7, 11) is 0. The first kappa shape index (κ1) is 15.8. The van der Waals surface area contributed by atoms with E-state index in [1.807, 2.05) is 4.90 Å². The van der Waals surface area contributed by atoms with Crippen LogP contribution in [0.3, 0.4) is 0 Å². The van der Waals surface area contributed by atoms with E-state index < -0.39 is 0 Å². The molecule has 3 nitrogen and oxygen atoms in total. The predicted molar refractivity (Wildman–Crippen MR) is 74.9 cm³/mol. The third-order valence-corrected chi connectivity index (χ3v) is 4.05. The summed E-state index contributed by atoms with van der Waals surface area (Å²) in [6, 6.07) is 0.174. The van der Waals surface area contributed by atoms with E-state index in [1.54, 1.807) is 0 Å². The van der Waals surface area contributed by atoms with E-state index in [1.165, 1.54) is 0 Å². The number of unbranched alkanes of at least 4 members (excludes halogenated alkanes) is 1. The Morgan fingerprint density at radius 2 is 2.22 bits per heavy atom. The number of carbonyl (C=O) groups is 1. The number of rotatable bonds is 6. The molecule has 0 aromatic heterocycles. The minimum atomic E-state index is -0.00417. The molecule has 1 aliphatic rings. The van der Waals surface area contributed by atoms with Crippen molar-refractivity contribution in [3.05, 3.63) is 0 Å². The molecule has 0 radical (unpaired) electrons. The van der Waals surface area contributed by atoms with Gasteiger partial charge in [-0.1, -0.05) is 26.7 Å². The van der Waals surface area contributed by atoms with Crippen LogP contribution in [0.25, 0.3) is 0 Å². The molecular weight excluding hydrogens is 250 g/mol. The molecule has 0 aromatic rings. The molecule has 1 aliphatic heterocycles. The number of hydrogen-bond donors (Lipinski definition) is 0. The zero-order chi connectivity index (χ0) is 13.5. The monoisotopic (exact) mass is 275 g/mol. The van der Waals surface area contributed by atoms with Crippen molar-refractivity contribution in [2.45, 2.75) is 58.6 Å². The maximum atomic E-state index is 12.5. The van der Waals surface area contributed by atoms with Crippen molar-refractivity contribution in [1.29, 1.82) is 0 Å². The smallest absolute Gasteiger partial charge is 0.226 e. The van der Waals surface area contributed by atoms with Crippen LogP contribution in [0.2, 0.25) is 0 Å². The maximum absolute atomic E-state index is 12.5. The van der Waals surface area contributed by atoms with Gasteiger partial charge < -0.3 is 9.64 Å². The Kier molecular flexibility index (Phi) is 7.02. The second-order valence-electron chi connectivity index (χ2n) is 5.20. The topological polar surface area (TPSA) is 29.5 Å². The van der Waals surface area contributed by atoms with Crippen LogP contribution in [0, 0.1) is 5.92 Å². The second kappa shape index (κ2) is 8.00. The fraction of sp³-hybridized carbons (Fsp3) is 0.929. The fourth-order valence-electron chi connectivity index (χ4n) is 2.41. The predicted octanol–water partition coefficient (Wildman–Crippen LogP) is 3.06. The fourth-order valence-corrected chi connectivity index (χ4v) is 2.59. The Morgan fingerprint density at radius 1 is 1.50 bits per heavy atom. The van der Waals surface area contributed by atoms with Gasteiger partial charge >= 0.3 is 0 Å². The number of amides is 1. The highest BCUT2D eigenvalue weighted by molar-refractivity contribution is 6.18. The quantitative estimate of drug-likeness (QED) is 0.698. The lowest BCUT2D eigenvalue weighted by molar-refractivity contribution is -0.147. The molecule has 0 bridgehead atoms. The Morgan fingerprint density at radius 3 is 2.78 bits per heavy atom. The van der Waals surface area contributed by atoms with Crippen molar-refractivity contribution in [1.82, 2.24) is 4.90 Å². The summed E-state index contributed by atoms with van der Waals surface area (Å²) in [6.45, 7) is 7.56. The maximum Gasteiger partial charge on any atom is 0.226 e. The third kappa shape index (κ3) is 4.13. The number of nitrogens with zero attached hydrogens (tertiary/aromatic N) is 1. The minimum absolute atomic E-state index is 0.00417.